The lowest BCUT2D eigenvalue weighted by atomic mass is 9.90. The smallest absolute Gasteiger partial charge is 0.264 e. The highest BCUT2D eigenvalue weighted by Crippen LogP contribution is 2.35. The lowest BCUT2D eigenvalue weighted by Crippen LogP contribution is -2.48. The molecule has 2 aliphatic carbocycles. The Labute approximate surface area is 135 Å². The molecule has 0 bridgehead atoms. The molecule has 0 spiro atoms. The second kappa shape index (κ2) is 6.03. The molecule has 2 aliphatic rings. The molecule has 1 aromatic heterocycles. The zero-order valence-corrected chi connectivity index (χ0v) is 14.3. The zero-order valence-electron chi connectivity index (χ0n) is 13.5. The molecule has 0 radical (unpaired) electrons. The van der Waals surface area contributed by atoms with Crippen LogP contribution in [0.5, 0.6) is 0 Å². The van der Waals surface area contributed by atoms with Gasteiger partial charge in [0.05, 0.1) is 9.88 Å². The highest BCUT2D eigenvalue weighted by Gasteiger charge is 2.33. The van der Waals surface area contributed by atoms with E-state index in [0.717, 1.165) is 41.1 Å². The van der Waals surface area contributed by atoms with Crippen molar-refractivity contribution in [2.45, 2.75) is 65.0 Å². The lowest BCUT2D eigenvalue weighted by molar-refractivity contribution is -0.117. The predicted octanol–water partition coefficient (Wildman–Crippen LogP) is 3.81. The van der Waals surface area contributed by atoms with Gasteiger partial charge < -0.3 is 10.2 Å². The number of carbonyl (C=O) groups excluding carboxylic acids is 2. The van der Waals surface area contributed by atoms with Crippen molar-refractivity contribution >= 4 is 28.2 Å². The molecule has 0 atom stereocenters. The quantitative estimate of drug-likeness (QED) is 0.897. The minimum atomic E-state index is 0.0972. The molecule has 3 rings (SSSR count). The molecule has 0 aliphatic heterocycles. The summed E-state index contributed by atoms with van der Waals surface area (Å²) in [5.74, 6) is 0.401. The van der Waals surface area contributed by atoms with Crippen LogP contribution in [0.15, 0.2) is 6.07 Å². The molecule has 2 amide bonds. The van der Waals surface area contributed by atoms with Crippen LogP contribution in [0, 0.1) is 12.8 Å². The molecule has 22 heavy (non-hydrogen) atoms. The largest absolute Gasteiger partial charge is 0.333 e. The van der Waals surface area contributed by atoms with Gasteiger partial charge in [-0.15, -0.1) is 11.3 Å². The summed E-state index contributed by atoms with van der Waals surface area (Å²) < 4.78 is 0. The van der Waals surface area contributed by atoms with Gasteiger partial charge in [-0.05, 0) is 64.5 Å². The number of amides is 2. The SMILES string of the molecule is Cc1cc(NC(=O)C2CC2)sc1C(=O)N(C(C)C)C1CCC1. The van der Waals surface area contributed by atoms with Gasteiger partial charge in [-0.2, -0.15) is 0 Å². The maximum Gasteiger partial charge on any atom is 0.264 e. The molecule has 1 heterocycles. The normalized spacial score (nSPS) is 18.2. The van der Waals surface area contributed by atoms with Gasteiger partial charge in [-0.3, -0.25) is 9.59 Å². The van der Waals surface area contributed by atoms with Gasteiger partial charge in [0.25, 0.3) is 5.91 Å². The topological polar surface area (TPSA) is 49.4 Å². The summed E-state index contributed by atoms with van der Waals surface area (Å²) in [5.41, 5.74) is 0.964. The third-order valence-electron chi connectivity index (χ3n) is 4.57. The third-order valence-corrected chi connectivity index (χ3v) is 5.71. The van der Waals surface area contributed by atoms with E-state index in [-0.39, 0.29) is 23.8 Å². The summed E-state index contributed by atoms with van der Waals surface area (Å²) in [6, 6.07) is 2.53. The first-order chi connectivity index (χ1) is 10.5. The molecule has 5 heteroatoms. The number of thiophene rings is 1. The first-order valence-electron chi connectivity index (χ1n) is 8.21. The summed E-state index contributed by atoms with van der Waals surface area (Å²) >= 11 is 1.42. The number of nitrogens with one attached hydrogen (secondary N) is 1. The minimum absolute atomic E-state index is 0.0972. The van der Waals surface area contributed by atoms with Gasteiger partial charge in [-0.1, -0.05) is 0 Å². The van der Waals surface area contributed by atoms with Crippen molar-refractivity contribution in [3.63, 3.8) is 0 Å². The van der Waals surface area contributed by atoms with Crippen molar-refractivity contribution < 1.29 is 9.59 Å². The summed E-state index contributed by atoms with van der Waals surface area (Å²) in [5, 5.41) is 3.76. The summed E-state index contributed by atoms with van der Waals surface area (Å²) in [4.78, 5) is 27.6. The molecule has 2 saturated carbocycles. The van der Waals surface area contributed by atoms with E-state index in [0.29, 0.717) is 6.04 Å². The predicted molar refractivity (Wildman–Crippen MR) is 89.4 cm³/mol. The fourth-order valence-corrected chi connectivity index (χ4v) is 3.95. The first-order valence-corrected chi connectivity index (χ1v) is 9.03. The molecular formula is C17H24N2O2S. The van der Waals surface area contributed by atoms with E-state index in [4.69, 9.17) is 0 Å². The number of aryl methyl sites for hydroxylation is 1. The Morgan fingerprint density at radius 3 is 2.45 bits per heavy atom. The van der Waals surface area contributed by atoms with E-state index in [1.807, 2.05) is 17.9 Å². The van der Waals surface area contributed by atoms with Crippen LogP contribution >= 0.6 is 11.3 Å². The fourth-order valence-electron chi connectivity index (χ4n) is 2.93. The van der Waals surface area contributed by atoms with Gasteiger partial charge in [0.2, 0.25) is 5.91 Å². The fraction of sp³-hybridized carbons (Fsp3) is 0.647. The van der Waals surface area contributed by atoms with Crippen LogP contribution in [0.2, 0.25) is 0 Å². The maximum atomic E-state index is 12.9. The Hall–Kier alpha value is -1.36. The lowest BCUT2D eigenvalue weighted by Gasteiger charge is -2.40. The van der Waals surface area contributed by atoms with Crippen LogP contribution in [0.1, 0.15) is 61.2 Å². The minimum Gasteiger partial charge on any atom is -0.333 e. The molecule has 2 fully saturated rings. The Morgan fingerprint density at radius 2 is 1.95 bits per heavy atom. The number of rotatable bonds is 5. The molecule has 0 aromatic carbocycles. The van der Waals surface area contributed by atoms with Crippen molar-refractivity contribution in [3.8, 4) is 0 Å². The Morgan fingerprint density at radius 1 is 1.27 bits per heavy atom. The molecule has 0 saturated heterocycles. The van der Waals surface area contributed by atoms with E-state index in [9.17, 15) is 9.59 Å². The highest BCUT2D eigenvalue weighted by atomic mass is 32.1. The van der Waals surface area contributed by atoms with Crippen LogP contribution in [0.25, 0.3) is 0 Å². The highest BCUT2D eigenvalue weighted by molar-refractivity contribution is 7.18. The molecule has 0 unspecified atom stereocenters. The summed E-state index contributed by atoms with van der Waals surface area (Å²) in [6.45, 7) is 6.11. The molecule has 120 valence electrons. The number of carbonyl (C=O) groups is 2. The van der Waals surface area contributed by atoms with Gasteiger partial charge in [0.15, 0.2) is 0 Å². The molecule has 4 nitrogen and oxygen atoms in total. The van der Waals surface area contributed by atoms with E-state index in [1.165, 1.54) is 17.8 Å². The van der Waals surface area contributed by atoms with Gasteiger partial charge >= 0.3 is 0 Å². The van der Waals surface area contributed by atoms with E-state index in [2.05, 4.69) is 19.2 Å². The number of anilines is 1. The zero-order chi connectivity index (χ0) is 15.9. The Balaban J connectivity index is 1.76. The standard InChI is InChI=1S/C17H24N2O2S/c1-10(2)19(13-5-4-6-13)17(21)15-11(3)9-14(22-15)18-16(20)12-7-8-12/h9-10,12-13H,4-8H2,1-3H3,(H,18,20). The van der Waals surface area contributed by atoms with Crippen molar-refractivity contribution in [2.75, 3.05) is 5.32 Å². The van der Waals surface area contributed by atoms with Crippen molar-refractivity contribution in [1.82, 2.24) is 4.90 Å². The van der Waals surface area contributed by atoms with Crippen LogP contribution < -0.4 is 5.32 Å². The van der Waals surface area contributed by atoms with E-state index in [1.54, 1.807) is 0 Å². The Kier molecular flexibility index (Phi) is 4.26. The molecule has 1 N–H and O–H groups in total. The van der Waals surface area contributed by atoms with E-state index >= 15 is 0 Å². The average Bonchev–Trinajstić information content (AvgIpc) is 3.17. The van der Waals surface area contributed by atoms with Crippen LogP contribution in [0.4, 0.5) is 5.00 Å². The summed E-state index contributed by atoms with van der Waals surface area (Å²) in [6.07, 6.45) is 5.42. The third kappa shape index (κ3) is 3.05. The second-order valence-electron chi connectivity index (χ2n) is 6.78. The van der Waals surface area contributed by atoms with Crippen molar-refractivity contribution in [2.24, 2.45) is 5.92 Å². The summed E-state index contributed by atoms with van der Waals surface area (Å²) in [7, 11) is 0. The number of hydrogen-bond donors (Lipinski definition) is 1. The van der Waals surface area contributed by atoms with Gasteiger partial charge in [0.1, 0.15) is 0 Å². The maximum absolute atomic E-state index is 12.9. The molecule has 1 aromatic rings. The number of nitrogens with zero attached hydrogens (tertiary/aromatic N) is 1. The van der Waals surface area contributed by atoms with Crippen molar-refractivity contribution in [3.05, 3.63) is 16.5 Å². The van der Waals surface area contributed by atoms with Crippen LogP contribution in [-0.2, 0) is 4.79 Å². The van der Waals surface area contributed by atoms with E-state index < -0.39 is 0 Å². The first kappa shape index (κ1) is 15.5. The van der Waals surface area contributed by atoms with Gasteiger partial charge in [-0.25, -0.2) is 0 Å². The van der Waals surface area contributed by atoms with Crippen LogP contribution in [-0.4, -0.2) is 28.8 Å². The van der Waals surface area contributed by atoms with Crippen molar-refractivity contribution in [1.29, 1.82) is 0 Å². The average molecular weight is 320 g/mol. The number of hydrogen-bond acceptors (Lipinski definition) is 3. The Bertz CT molecular complexity index is 585. The monoisotopic (exact) mass is 320 g/mol. The molecular weight excluding hydrogens is 296 g/mol. The second-order valence-corrected chi connectivity index (χ2v) is 7.83. The van der Waals surface area contributed by atoms with Gasteiger partial charge in [0, 0.05) is 18.0 Å². The van der Waals surface area contributed by atoms with Crippen LogP contribution in [0.3, 0.4) is 0 Å².